The first-order valence-electron chi connectivity index (χ1n) is 7.02. The molecule has 0 amide bonds. The second-order valence-corrected chi connectivity index (χ2v) is 5.94. The normalized spacial score (nSPS) is 9.92. The maximum absolute atomic E-state index is 9.76. The molecular formula is C17H16BrClN4O. The lowest BCUT2D eigenvalue weighted by molar-refractivity contribution is 0.471. The van der Waals surface area contributed by atoms with E-state index in [4.69, 9.17) is 0 Å². The second kappa shape index (κ2) is 7.99. The lowest BCUT2D eigenvalue weighted by Crippen LogP contribution is -2.00. The van der Waals surface area contributed by atoms with Gasteiger partial charge < -0.3 is 15.7 Å². The largest absolute Gasteiger partial charge is 0.508 e. The van der Waals surface area contributed by atoms with Crippen molar-refractivity contribution in [2.75, 3.05) is 10.6 Å². The Morgan fingerprint density at radius 1 is 1.00 bits per heavy atom. The van der Waals surface area contributed by atoms with Gasteiger partial charge in [0.15, 0.2) is 0 Å². The molecule has 0 bridgehead atoms. The quantitative estimate of drug-likeness (QED) is 0.557. The molecule has 0 spiro atoms. The van der Waals surface area contributed by atoms with Crippen LogP contribution in [-0.4, -0.2) is 15.1 Å². The number of hydrogen-bond acceptors (Lipinski definition) is 5. The predicted molar refractivity (Wildman–Crippen MR) is 103 cm³/mol. The third-order valence-corrected chi connectivity index (χ3v) is 3.71. The van der Waals surface area contributed by atoms with E-state index < -0.39 is 0 Å². The van der Waals surface area contributed by atoms with Crippen molar-refractivity contribution in [3.05, 3.63) is 64.8 Å². The molecule has 3 rings (SSSR count). The Labute approximate surface area is 154 Å². The van der Waals surface area contributed by atoms with Gasteiger partial charge in [-0.15, -0.1) is 12.4 Å². The van der Waals surface area contributed by atoms with Crippen LogP contribution in [-0.2, 0) is 0 Å². The summed E-state index contributed by atoms with van der Waals surface area (Å²) in [4.78, 5) is 8.63. The highest BCUT2D eigenvalue weighted by Crippen LogP contribution is 2.24. The number of aryl methyl sites for hydroxylation is 1. The van der Waals surface area contributed by atoms with E-state index in [0.717, 1.165) is 21.4 Å². The molecule has 1 heterocycles. The van der Waals surface area contributed by atoms with Crippen molar-refractivity contribution in [2.24, 2.45) is 0 Å². The lowest BCUT2D eigenvalue weighted by Gasteiger charge is -2.09. The van der Waals surface area contributed by atoms with Gasteiger partial charge >= 0.3 is 0 Å². The summed E-state index contributed by atoms with van der Waals surface area (Å²) >= 11 is 3.43. The first-order valence-corrected chi connectivity index (χ1v) is 7.82. The molecule has 0 aliphatic heterocycles. The van der Waals surface area contributed by atoms with E-state index in [0.29, 0.717) is 11.8 Å². The molecule has 0 radical (unpaired) electrons. The van der Waals surface area contributed by atoms with Crippen LogP contribution in [0.1, 0.15) is 5.56 Å². The summed E-state index contributed by atoms with van der Waals surface area (Å²) in [7, 11) is 0. The highest BCUT2D eigenvalue weighted by molar-refractivity contribution is 9.10. The van der Waals surface area contributed by atoms with Crippen molar-refractivity contribution in [3.63, 3.8) is 0 Å². The number of aromatic hydroxyl groups is 1. The van der Waals surface area contributed by atoms with E-state index in [1.54, 1.807) is 18.3 Å². The molecule has 7 heteroatoms. The van der Waals surface area contributed by atoms with E-state index in [1.165, 1.54) is 0 Å². The third kappa shape index (κ3) is 4.59. The highest BCUT2D eigenvalue weighted by atomic mass is 79.9. The zero-order valence-electron chi connectivity index (χ0n) is 12.8. The summed E-state index contributed by atoms with van der Waals surface area (Å²) in [6, 6.07) is 14.9. The maximum atomic E-state index is 9.76. The number of nitrogens with one attached hydrogen (secondary N) is 2. The molecule has 0 saturated carbocycles. The van der Waals surface area contributed by atoms with Gasteiger partial charge in [-0.05, 0) is 42.8 Å². The Bertz CT molecular complexity index is 844. The van der Waals surface area contributed by atoms with Crippen LogP contribution in [0.15, 0.2) is 59.2 Å². The summed E-state index contributed by atoms with van der Waals surface area (Å²) in [5.41, 5.74) is 2.49. The molecular weight excluding hydrogens is 392 g/mol. The summed E-state index contributed by atoms with van der Waals surface area (Å²) < 4.78 is 0.979. The number of anilines is 4. The molecule has 3 aromatic rings. The summed E-state index contributed by atoms with van der Waals surface area (Å²) in [6.07, 6.45) is 1.67. The van der Waals surface area contributed by atoms with Gasteiger partial charge in [-0.1, -0.05) is 28.1 Å². The van der Waals surface area contributed by atoms with E-state index in [1.807, 2.05) is 43.3 Å². The van der Waals surface area contributed by atoms with Gasteiger partial charge in [0, 0.05) is 28.1 Å². The Balaban J connectivity index is 0.00000208. The van der Waals surface area contributed by atoms with Gasteiger partial charge in [0.25, 0.3) is 0 Å². The van der Waals surface area contributed by atoms with E-state index in [9.17, 15) is 5.11 Å². The molecule has 0 fully saturated rings. The Morgan fingerprint density at radius 3 is 2.54 bits per heavy atom. The highest BCUT2D eigenvalue weighted by Gasteiger charge is 2.03. The summed E-state index contributed by atoms with van der Waals surface area (Å²) in [5.74, 6) is 1.38. The lowest BCUT2D eigenvalue weighted by atomic mass is 10.2. The topological polar surface area (TPSA) is 70.1 Å². The second-order valence-electron chi connectivity index (χ2n) is 5.03. The Hall–Kier alpha value is -2.31. The smallest absolute Gasteiger partial charge is 0.229 e. The number of phenolic OH excluding ortho intramolecular Hbond substituents is 1. The molecule has 2 aromatic carbocycles. The van der Waals surface area contributed by atoms with Crippen LogP contribution >= 0.6 is 28.3 Å². The number of phenols is 1. The standard InChI is InChI=1S/C17H15BrN4O.ClH/c1-11-5-6-14(10-15(11)23)20-16-7-8-19-17(22-16)21-13-4-2-3-12(18)9-13;/h2-10,23H,1H3,(H2,19,20,21,22);1H. The molecule has 3 N–H and O–H groups in total. The third-order valence-electron chi connectivity index (χ3n) is 3.22. The molecule has 0 atom stereocenters. The van der Waals surface area contributed by atoms with Crippen molar-refractivity contribution >= 4 is 51.5 Å². The van der Waals surface area contributed by atoms with Gasteiger partial charge in [-0.25, -0.2) is 4.98 Å². The van der Waals surface area contributed by atoms with Gasteiger partial charge in [-0.2, -0.15) is 4.98 Å². The zero-order valence-corrected chi connectivity index (χ0v) is 15.2. The number of benzene rings is 2. The minimum atomic E-state index is 0. The first-order chi connectivity index (χ1) is 11.1. The van der Waals surface area contributed by atoms with Crippen molar-refractivity contribution in [2.45, 2.75) is 6.92 Å². The van der Waals surface area contributed by atoms with Crippen molar-refractivity contribution in [1.29, 1.82) is 0 Å². The SMILES string of the molecule is Cc1ccc(Nc2ccnc(Nc3cccc(Br)c3)n2)cc1O.Cl. The average Bonchev–Trinajstić information content (AvgIpc) is 2.51. The minimum absolute atomic E-state index is 0. The van der Waals surface area contributed by atoms with Crippen molar-refractivity contribution < 1.29 is 5.11 Å². The van der Waals surface area contributed by atoms with E-state index >= 15 is 0 Å². The minimum Gasteiger partial charge on any atom is -0.508 e. The van der Waals surface area contributed by atoms with Crippen LogP contribution in [0.4, 0.5) is 23.1 Å². The summed E-state index contributed by atoms with van der Waals surface area (Å²) in [5, 5.41) is 16.1. The Morgan fingerprint density at radius 2 is 1.79 bits per heavy atom. The molecule has 0 saturated heterocycles. The van der Waals surface area contributed by atoms with Crippen molar-refractivity contribution in [1.82, 2.24) is 9.97 Å². The molecule has 0 unspecified atom stereocenters. The zero-order chi connectivity index (χ0) is 16.2. The van der Waals surface area contributed by atoms with Crippen LogP contribution in [0, 0.1) is 6.92 Å². The number of rotatable bonds is 4. The van der Waals surface area contributed by atoms with E-state index in [2.05, 4.69) is 36.5 Å². The van der Waals surface area contributed by atoms with Crippen LogP contribution < -0.4 is 10.6 Å². The molecule has 124 valence electrons. The van der Waals surface area contributed by atoms with Crippen LogP contribution in [0.5, 0.6) is 5.75 Å². The van der Waals surface area contributed by atoms with Crippen LogP contribution in [0.25, 0.3) is 0 Å². The fourth-order valence-corrected chi connectivity index (χ4v) is 2.42. The monoisotopic (exact) mass is 406 g/mol. The predicted octanol–water partition coefficient (Wildman–Crippen LogP) is 5.16. The van der Waals surface area contributed by atoms with Crippen molar-refractivity contribution in [3.8, 4) is 5.75 Å². The fourth-order valence-electron chi connectivity index (χ4n) is 2.02. The van der Waals surface area contributed by atoms with Gasteiger partial charge in [0.2, 0.25) is 5.95 Å². The molecule has 0 aliphatic carbocycles. The first kappa shape index (κ1) is 18.0. The molecule has 24 heavy (non-hydrogen) atoms. The summed E-state index contributed by atoms with van der Waals surface area (Å²) in [6.45, 7) is 1.85. The molecule has 1 aromatic heterocycles. The molecule has 5 nitrogen and oxygen atoms in total. The van der Waals surface area contributed by atoms with Crippen LogP contribution in [0.2, 0.25) is 0 Å². The Kier molecular flexibility index (Phi) is 6.00. The molecule has 0 aliphatic rings. The van der Waals surface area contributed by atoms with E-state index in [-0.39, 0.29) is 18.2 Å². The number of halogens is 2. The van der Waals surface area contributed by atoms with Gasteiger partial charge in [0.05, 0.1) is 0 Å². The number of aromatic nitrogens is 2. The van der Waals surface area contributed by atoms with Gasteiger partial charge in [-0.3, -0.25) is 0 Å². The number of nitrogens with zero attached hydrogens (tertiary/aromatic N) is 2. The average molecular weight is 408 g/mol. The van der Waals surface area contributed by atoms with Crippen LogP contribution in [0.3, 0.4) is 0 Å². The maximum Gasteiger partial charge on any atom is 0.229 e. The fraction of sp³-hybridized carbons (Fsp3) is 0.0588. The number of hydrogen-bond donors (Lipinski definition) is 3. The van der Waals surface area contributed by atoms with Gasteiger partial charge in [0.1, 0.15) is 11.6 Å².